The first kappa shape index (κ1) is 13.6. The highest BCUT2D eigenvalue weighted by Gasteiger charge is 2.30. The normalized spacial score (nSPS) is 18.7. The monoisotopic (exact) mass is 288 g/mol. The van der Waals surface area contributed by atoms with Gasteiger partial charge in [-0.3, -0.25) is 4.79 Å². The third kappa shape index (κ3) is 2.62. The van der Waals surface area contributed by atoms with Gasteiger partial charge in [0.05, 0.1) is 20.3 Å². The van der Waals surface area contributed by atoms with Gasteiger partial charge in [0.15, 0.2) is 6.10 Å². The number of hydrogen-bond acceptors (Lipinski definition) is 4. The van der Waals surface area contributed by atoms with E-state index in [1.165, 1.54) is 7.11 Å². The van der Waals surface area contributed by atoms with Crippen LogP contribution in [0.4, 0.5) is 0 Å². The van der Waals surface area contributed by atoms with Gasteiger partial charge in [-0.2, -0.15) is 0 Å². The molecule has 21 heavy (non-hydrogen) atoms. The number of esters is 1. The number of carbonyl (C=O) groups excluding carboxylic acids is 2. The largest absolute Gasteiger partial charge is 0.467 e. The topological polar surface area (TPSA) is 71.6 Å². The molecule has 1 N–H and O–H groups in total. The van der Waals surface area contributed by atoms with Crippen LogP contribution in [0, 0.1) is 0 Å². The van der Waals surface area contributed by atoms with Crippen molar-refractivity contribution in [1.82, 2.24) is 9.88 Å². The number of rotatable bonds is 2. The van der Waals surface area contributed by atoms with E-state index in [1.807, 2.05) is 24.4 Å². The summed E-state index contributed by atoms with van der Waals surface area (Å²) in [5, 5.41) is 0.985. The molecule has 1 aromatic carbocycles. The van der Waals surface area contributed by atoms with E-state index in [0.717, 1.165) is 10.9 Å². The molecule has 1 fully saturated rings. The van der Waals surface area contributed by atoms with Crippen LogP contribution < -0.4 is 0 Å². The van der Waals surface area contributed by atoms with E-state index in [9.17, 15) is 9.59 Å². The molecule has 1 unspecified atom stereocenters. The van der Waals surface area contributed by atoms with Gasteiger partial charge in [0.2, 0.25) is 0 Å². The van der Waals surface area contributed by atoms with Crippen molar-refractivity contribution in [3.05, 3.63) is 36.0 Å². The first-order valence-electron chi connectivity index (χ1n) is 6.75. The van der Waals surface area contributed by atoms with Crippen LogP contribution in [0.25, 0.3) is 10.9 Å². The highest BCUT2D eigenvalue weighted by molar-refractivity contribution is 5.98. The Morgan fingerprint density at radius 1 is 1.38 bits per heavy atom. The number of methoxy groups -OCH3 is 1. The second-order valence-corrected chi connectivity index (χ2v) is 4.91. The van der Waals surface area contributed by atoms with Crippen molar-refractivity contribution in [2.75, 3.05) is 26.8 Å². The van der Waals surface area contributed by atoms with Crippen molar-refractivity contribution in [3.8, 4) is 0 Å². The third-order valence-corrected chi connectivity index (χ3v) is 3.62. The lowest BCUT2D eigenvalue weighted by molar-refractivity contribution is -0.158. The highest BCUT2D eigenvalue weighted by Crippen LogP contribution is 2.17. The number of aromatic nitrogens is 1. The van der Waals surface area contributed by atoms with Gasteiger partial charge in [0.1, 0.15) is 0 Å². The summed E-state index contributed by atoms with van der Waals surface area (Å²) in [6.45, 7) is 1.02. The highest BCUT2D eigenvalue weighted by atomic mass is 16.6. The molecule has 1 atom stereocenters. The first-order valence-corrected chi connectivity index (χ1v) is 6.75. The Bertz CT molecular complexity index is 679. The first-order chi connectivity index (χ1) is 10.2. The van der Waals surface area contributed by atoms with E-state index in [1.54, 1.807) is 11.0 Å². The molecule has 0 radical (unpaired) electrons. The van der Waals surface area contributed by atoms with Gasteiger partial charge in [-0.25, -0.2) is 4.79 Å². The van der Waals surface area contributed by atoms with Crippen LogP contribution in [0.2, 0.25) is 0 Å². The number of benzene rings is 1. The lowest BCUT2D eigenvalue weighted by atomic mass is 10.1. The predicted molar refractivity (Wildman–Crippen MR) is 76.0 cm³/mol. The molecule has 1 saturated heterocycles. The van der Waals surface area contributed by atoms with Crippen LogP contribution in [0.15, 0.2) is 30.5 Å². The second kappa shape index (κ2) is 5.57. The molecule has 110 valence electrons. The molecule has 3 rings (SSSR count). The number of morpholine rings is 1. The van der Waals surface area contributed by atoms with Crippen LogP contribution >= 0.6 is 0 Å². The summed E-state index contributed by atoms with van der Waals surface area (Å²) >= 11 is 0. The number of aromatic amines is 1. The van der Waals surface area contributed by atoms with Gasteiger partial charge in [-0.15, -0.1) is 0 Å². The summed E-state index contributed by atoms with van der Waals surface area (Å²) in [7, 11) is 1.31. The standard InChI is InChI=1S/C15H16N2O4/c1-20-15(19)13-9-17(6-7-21-13)14(18)11-2-3-12-10(8-11)4-5-16-12/h2-5,8,13,16H,6-7,9H2,1H3. The molecule has 1 aliphatic rings. The summed E-state index contributed by atoms with van der Waals surface area (Å²) in [5.41, 5.74) is 1.59. The molecule has 0 aliphatic carbocycles. The minimum Gasteiger partial charge on any atom is -0.467 e. The Morgan fingerprint density at radius 2 is 2.24 bits per heavy atom. The fourth-order valence-electron chi connectivity index (χ4n) is 2.48. The van der Waals surface area contributed by atoms with E-state index in [-0.39, 0.29) is 12.5 Å². The van der Waals surface area contributed by atoms with Gasteiger partial charge < -0.3 is 19.4 Å². The van der Waals surface area contributed by atoms with Crippen LogP contribution in [-0.2, 0) is 14.3 Å². The zero-order valence-electron chi connectivity index (χ0n) is 11.7. The number of H-pyrrole nitrogens is 1. The molecule has 2 aromatic rings. The van der Waals surface area contributed by atoms with Gasteiger partial charge in [-0.05, 0) is 24.3 Å². The SMILES string of the molecule is COC(=O)C1CN(C(=O)c2ccc3[nH]ccc3c2)CCO1. The minimum absolute atomic E-state index is 0.102. The maximum Gasteiger partial charge on any atom is 0.336 e. The van der Waals surface area contributed by atoms with Crippen LogP contribution in [0.3, 0.4) is 0 Å². The molecule has 6 heteroatoms. The lowest BCUT2D eigenvalue weighted by Gasteiger charge is -2.31. The number of ether oxygens (including phenoxy) is 2. The third-order valence-electron chi connectivity index (χ3n) is 3.62. The summed E-state index contributed by atoms with van der Waals surface area (Å²) in [5.74, 6) is -0.552. The van der Waals surface area contributed by atoms with E-state index < -0.39 is 12.1 Å². The quantitative estimate of drug-likeness (QED) is 0.842. The summed E-state index contributed by atoms with van der Waals surface area (Å²) < 4.78 is 10.00. The molecule has 0 spiro atoms. The fraction of sp³-hybridized carbons (Fsp3) is 0.333. The second-order valence-electron chi connectivity index (χ2n) is 4.91. The Kier molecular flexibility index (Phi) is 3.62. The number of carbonyl (C=O) groups is 2. The van der Waals surface area contributed by atoms with E-state index >= 15 is 0 Å². The number of hydrogen-bond donors (Lipinski definition) is 1. The molecule has 1 amide bonds. The molecule has 0 bridgehead atoms. The van der Waals surface area contributed by atoms with Crippen molar-refractivity contribution >= 4 is 22.8 Å². The minimum atomic E-state index is -0.705. The fourth-order valence-corrected chi connectivity index (χ4v) is 2.48. The van der Waals surface area contributed by atoms with Gasteiger partial charge in [0, 0.05) is 29.2 Å². The average Bonchev–Trinajstić information content (AvgIpc) is 3.01. The zero-order valence-corrected chi connectivity index (χ0v) is 11.7. The number of nitrogens with zero attached hydrogens (tertiary/aromatic N) is 1. The molecule has 0 saturated carbocycles. The van der Waals surface area contributed by atoms with E-state index in [2.05, 4.69) is 9.72 Å². The van der Waals surface area contributed by atoms with Crippen LogP contribution in [-0.4, -0.2) is 54.7 Å². The summed E-state index contributed by atoms with van der Waals surface area (Å²) in [6, 6.07) is 7.42. The molecule has 2 heterocycles. The van der Waals surface area contributed by atoms with Crippen molar-refractivity contribution in [1.29, 1.82) is 0 Å². The lowest BCUT2D eigenvalue weighted by Crippen LogP contribution is -2.48. The van der Waals surface area contributed by atoms with Gasteiger partial charge >= 0.3 is 5.97 Å². The van der Waals surface area contributed by atoms with Crippen molar-refractivity contribution < 1.29 is 19.1 Å². The van der Waals surface area contributed by atoms with Crippen LogP contribution in [0.5, 0.6) is 0 Å². The van der Waals surface area contributed by atoms with E-state index in [4.69, 9.17) is 4.74 Å². The predicted octanol–water partition coefficient (Wildman–Crippen LogP) is 1.18. The summed E-state index contributed by atoms with van der Waals surface area (Å²) in [6.07, 6.45) is 1.13. The zero-order chi connectivity index (χ0) is 14.8. The van der Waals surface area contributed by atoms with Crippen molar-refractivity contribution in [3.63, 3.8) is 0 Å². The van der Waals surface area contributed by atoms with Crippen molar-refractivity contribution in [2.45, 2.75) is 6.10 Å². The number of nitrogens with one attached hydrogen (secondary N) is 1. The average molecular weight is 288 g/mol. The Morgan fingerprint density at radius 3 is 3.05 bits per heavy atom. The smallest absolute Gasteiger partial charge is 0.336 e. The van der Waals surface area contributed by atoms with Crippen LogP contribution in [0.1, 0.15) is 10.4 Å². The Labute approximate surface area is 121 Å². The molecule has 1 aliphatic heterocycles. The number of fused-ring (bicyclic) bond motifs is 1. The Balaban J connectivity index is 1.78. The Hall–Kier alpha value is -2.34. The summed E-state index contributed by atoms with van der Waals surface area (Å²) in [4.78, 5) is 28.8. The van der Waals surface area contributed by atoms with Gasteiger partial charge in [0.25, 0.3) is 5.91 Å². The van der Waals surface area contributed by atoms with E-state index in [0.29, 0.717) is 18.7 Å². The maximum atomic E-state index is 12.5. The molecule has 1 aromatic heterocycles. The van der Waals surface area contributed by atoms with Gasteiger partial charge in [-0.1, -0.05) is 0 Å². The van der Waals surface area contributed by atoms with Crippen molar-refractivity contribution in [2.24, 2.45) is 0 Å². The number of amides is 1. The maximum absolute atomic E-state index is 12.5. The molecular weight excluding hydrogens is 272 g/mol. The molecule has 6 nitrogen and oxygen atoms in total. The molecular formula is C15H16N2O4.